The molecule has 1 heterocycles. The van der Waals surface area contributed by atoms with Gasteiger partial charge in [-0.05, 0) is 12.0 Å². The second-order valence-electron chi connectivity index (χ2n) is 4.24. The molecular formula is C12H12N2O2S. The van der Waals surface area contributed by atoms with Crippen molar-refractivity contribution in [3.8, 4) is 0 Å². The molecule has 0 saturated heterocycles. The van der Waals surface area contributed by atoms with Crippen LogP contribution in [-0.4, -0.2) is 33.1 Å². The zero-order valence-electron chi connectivity index (χ0n) is 9.11. The van der Waals surface area contributed by atoms with E-state index in [0.29, 0.717) is 16.8 Å². The lowest BCUT2D eigenvalue weighted by Crippen LogP contribution is -2.27. The molecule has 17 heavy (non-hydrogen) atoms. The van der Waals surface area contributed by atoms with E-state index < -0.39 is 0 Å². The molecule has 2 aliphatic rings. The number of hydrogen-bond acceptors (Lipinski definition) is 4. The van der Waals surface area contributed by atoms with E-state index in [2.05, 4.69) is 17.1 Å². The van der Waals surface area contributed by atoms with Crippen molar-refractivity contribution >= 4 is 22.8 Å². The van der Waals surface area contributed by atoms with Gasteiger partial charge in [-0.25, -0.2) is 5.06 Å². The maximum absolute atomic E-state index is 11.0. The van der Waals surface area contributed by atoms with Crippen LogP contribution in [-0.2, 0) is 4.79 Å². The van der Waals surface area contributed by atoms with Gasteiger partial charge < -0.3 is 0 Å². The summed E-state index contributed by atoms with van der Waals surface area (Å²) in [7, 11) is 0. The lowest BCUT2D eigenvalue weighted by atomic mass is 10.1. The standard InChI is InChI=1S/C12H12N2O2S/c15-11-7-17-12(13-11)14(16)10-6-9(10)8-4-2-1-3-5-8/h1-5,9-10,16H,6-7H2/t9-,10?/m0/s1. The highest BCUT2D eigenvalue weighted by Gasteiger charge is 2.45. The number of carbonyl (C=O) groups excluding carboxylic acids is 1. The second kappa shape index (κ2) is 4.16. The number of aliphatic imine (C=N–C) groups is 1. The Bertz CT molecular complexity index is 475. The smallest absolute Gasteiger partial charge is 0.258 e. The third-order valence-corrected chi connectivity index (χ3v) is 3.97. The summed E-state index contributed by atoms with van der Waals surface area (Å²) in [5.41, 5.74) is 1.23. The Hall–Kier alpha value is -1.33. The summed E-state index contributed by atoms with van der Waals surface area (Å²) < 4.78 is 0. The molecule has 4 nitrogen and oxygen atoms in total. The van der Waals surface area contributed by atoms with E-state index in [1.165, 1.54) is 17.3 Å². The van der Waals surface area contributed by atoms with Gasteiger partial charge in [0.15, 0.2) is 5.17 Å². The summed E-state index contributed by atoms with van der Waals surface area (Å²) in [6, 6.07) is 10.2. The lowest BCUT2D eigenvalue weighted by Gasteiger charge is -2.15. The van der Waals surface area contributed by atoms with Crippen molar-refractivity contribution in [2.75, 3.05) is 5.75 Å². The fourth-order valence-corrected chi connectivity index (χ4v) is 2.82. The van der Waals surface area contributed by atoms with Gasteiger partial charge in [0.05, 0.1) is 11.8 Å². The van der Waals surface area contributed by atoms with Crippen LogP contribution in [0.1, 0.15) is 17.9 Å². The van der Waals surface area contributed by atoms with Crippen LogP contribution in [0.4, 0.5) is 0 Å². The minimum Gasteiger partial charge on any atom is -0.286 e. The SMILES string of the molecule is O=C1CSC(N(O)C2C[C@H]2c2ccccc2)=N1. The first-order chi connectivity index (χ1) is 8.25. The number of thioether (sulfide) groups is 1. The Morgan fingerprint density at radius 2 is 2.12 bits per heavy atom. The molecule has 0 spiro atoms. The fraction of sp³-hybridized carbons (Fsp3) is 0.333. The molecule has 1 fully saturated rings. The molecule has 1 saturated carbocycles. The van der Waals surface area contributed by atoms with E-state index in [9.17, 15) is 10.0 Å². The van der Waals surface area contributed by atoms with Crippen LogP contribution in [0.2, 0.25) is 0 Å². The molecule has 1 aliphatic heterocycles. The summed E-state index contributed by atoms with van der Waals surface area (Å²) in [5.74, 6) is 0.524. The van der Waals surface area contributed by atoms with Crippen LogP contribution in [0.25, 0.3) is 0 Å². The Kier molecular flexibility index (Phi) is 2.64. The fourth-order valence-electron chi connectivity index (χ4n) is 2.07. The highest BCUT2D eigenvalue weighted by atomic mass is 32.2. The maximum atomic E-state index is 11.0. The van der Waals surface area contributed by atoms with Gasteiger partial charge in [0.2, 0.25) is 0 Å². The molecule has 1 aromatic carbocycles. The number of amides is 1. The molecule has 1 N–H and O–H groups in total. The molecule has 1 aliphatic carbocycles. The summed E-state index contributed by atoms with van der Waals surface area (Å²) in [6.45, 7) is 0. The first kappa shape index (κ1) is 10.8. The zero-order chi connectivity index (χ0) is 11.8. The van der Waals surface area contributed by atoms with Gasteiger partial charge in [-0.15, -0.1) is 0 Å². The van der Waals surface area contributed by atoms with Crippen LogP contribution in [0.3, 0.4) is 0 Å². The normalized spacial score (nSPS) is 26.9. The average molecular weight is 248 g/mol. The Labute approximate surface area is 103 Å². The van der Waals surface area contributed by atoms with Crippen LogP contribution in [0.15, 0.2) is 35.3 Å². The van der Waals surface area contributed by atoms with Crippen LogP contribution < -0.4 is 0 Å². The molecule has 0 aromatic heterocycles. The largest absolute Gasteiger partial charge is 0.286 e. The molecule has 2 atom stereocenters. The quantitative estimate of drug-likeness (QED) is 0.812. The van der Waals surface area contributed by atoms with Crippen molar-refractivity contribution in [3.05, 3.63) is 35.9 Å². The number of rotatable bonds is 2. The number of carbonyl (C=O) groups is 1. The molecule has 1 amide bonds. The Balaban J connectivity index is 1.69. The molecule has 88 valence electrons. The van der Waals surface area contributed by atoms with Gasteiger partial charge in [-0.3, -0.25) is 10.0 Å². The summed E-state index contributed by atoms with van der Waals surface area (Å²) >= 11 is 1.30. The Morgan fingerprint density at radius 3 is 2.76 bits per heavy atom. The third-order valence-electron chi connectivity index (χ3n) is 3.04. The number of hydroxylamine groups is 2. The van der Waals surface area contributed by atoms with Gasteiger partial charge in [-0.1, -0.05) is 42.1 Å². The van der Waals surface area contributed by atoms with Crippen molar-refractivity contribution in [1.82, 2.24) is 5.06 Å². The minimum absolute atomic E-state index is 0.0644. The van der Waals surface area contributed by atoms with E-state index in [1.807, 2.05) is 18.2 Å². The number of nitrogens with zero attached hydrogens (tertiary/aromatic N) is 2. The zero-order valence-corrected chi connectivity index (χ0v) is 9.93. The summed E-state index contributed by atoms with van der Waals surface area (Å²) in [5, 5.41) is 11.6. The number of benzene rings is 1. The van der Waals surface area contributed by atoms with Crippen molar-refractivity contribution in [3.63, 3.8) is 0 Å². The van der Waals surface area contributed by atoms with Gasteiger partial charge >= 0.3 is 0 Å². The van der Waals surface area contributed by atoms with Crippen LogP contribution >= 0.6 is 11.8 Å². The maximum Gasteiger partial charge on any atom is 0.258 e. The van der Waals surface area contributed by atoms with Crippen molar-refractivity contribution in [1.29, 1.82) is 0 Å². The van der Waals surface area contributed by atoms with E-state index >= 15 is 0 Å². The van der Waals surface area contributed by atoms with Crippen molar-refractivity contribution in [2.24, 2.45) is 4.99 Å². The van der Waals surface area contributed by atoms with E-state index in [-0.39, 0.29) is 11.9 Å². The number of amidine groups is 1. The van der Waals surface area contributed by atoms with E-state index in [0.717, 1.165) is 11.5 Å². The van der Waals surface area contributed by atoms with E-state index in [4.69, 9.17) is 0 Å². The van der Waals surface area contributed by atoms with E-state index in [1.54, 1.807) is 0 Å². The molecule has 1 unspecified atom stereocenters. The highest BCUT2D eigenvalue weighted by Crippen LogP contribution is 2.45. The molecule has 1 aromatic rings. The number of hydrogen-bond donors (Lipinski definition) is 1. The predicted molar refractivity (Wildman–Crippen MR) is 66.1 cm³/mol. The predicted octanol–water partition coefficient (Wildman–Crippen LogP) is 1.86. The molecule has 0 bridgehead atoms. The molecule has 5 heteroatoms. The van der Waals surface area contributed by atoms with Crippen LogP contribution in [0.5, 0.6) is 0 Å². The van der Waals surface area contributed by atoms with Gasteiger partial charge in [0.25, 0.3) is 5.91 Å². The van der Waals surface area contributed by atoms with Crippen molar-refractivity contribution < 1.29 is 10.0 Å². The molecule has 0 radical (unpaired) electrons. The highest BCUT2D eigenvalue weighted by molar-refractivity contribution is 8.14. The third kappa shape index (κ3) is 2.08. The van der Waals surface area contributed by atoms with Gasteiger partial charge in [0.1, 0.15) is 0 Å². The first-order valence-corrected chi connectivity index (χ1v) is 6.51. The van der Waals surface area contributed by atoms with Gasteiger partial charge in [-0.2, -0.15) is 4.99 Å². The summed E-state index contributed by atoms with van der Waals surface area (Å²) in [4.78, 5) is 14.8. The lowest BCUT2D eigenvalue weighted by molar-refractivity contribution is -0.115. The first-order valence-electron chi connectivity index (χ1n) is 5.53. The molecule has 3 rings (SSSR count). The Morgan fingerprint density at radius 1 is 1.35 bits per heavy atom. The summed E-state index contributed by atoms with van der Waals surface area (Å²) in [6.07, 6.45) is 0.911. The van der Waals surface area contributed by atoms with Crippen LogP contribution in [0, 0.1) is 0 Å². The van der Waals surface area contributed by atoms with Gasteiger partial charge in [0, 0.05) is 5.92 Å². The average Bonchev–Trinajstić information content (AvgIpc) is 3.05. The monoisotopic (exact) mass is 248 g/mol. The topological polar surface area (TPSA) is 52.9 Å². The minimum atomic E-state index is -0.166. The van der Waals surface area contributed by atoms with Crippen molar-refractivity contribution in [2.45, 2.75) is 18.4 Å². The molecular weight excluding hydrogens is 236 g/mol. The second-order valence-corrected chi connectivity index (χ2v) is 5.18.